The molecule has 80 valence electrons. The summed E-state index contributed by atoms with van der Waals surface area (Å²) in [4.78, 5) is 11.7. The molecule has 0 aliphatic heterocycles. The highest BCUT2D eigenvalue weighted by atomic mass is 16.5. The molecule has 1 aliphatic rings. The van der Waals surface area contributed by atoms with Crippen molar-refractivity contribution in [3.8, 4) is 0 Å². The number of hydrogen-bond donors (Lipinski definition) is 1. The first-order valence-corrected chi connectivity index (χ1v) is 5.09. The van der Waals surface area contributed by atoms with Gasteiger partial charge < -0.3 is 4.74 Å². The van der Waals surface area contributed by atoms with Gasteiger partial charge in [-0.25, -0.2) is 0 Å². The Kier molecular flexibility index (Phi) is 3.69. The van der Waals surface area contributed by atoms with Gasteiger partial charge in [-0.05, 0) is 25.2 Å². The molecule has 0 amide bonds. The van der Waals surface area contributed by atoms with Crippen molar-refractivity contribution < 1.29 is 9.53 Å². The third-order valence-electron chi connectivity index (χ3n) is 2.92. The summed E-state index contributed by atoms with van der Waals surface area (Å²) in [5.74, 6) is 0.454. The standard InChI is InChI=1S/C11H19NO2/c1-4-7-12-11(10(13)14-3)6-5-9(2)8-11/h4,9,12H,1,5-8H2,2-3H3. The molecule has 0 bridgehead atoms. The lowest BCUT2D eigenvalue weighted by atomic mass is 9.96. The number of methoxy groups -OCH3 is 1. The van der Waals surface area contributed by atoms with E-state index >= 15 is 0 Å². The van der Waals surface area contributed by atoms with Gasteiger partial charge in [0, 0.05) is 6.54 Å². The molecule has 0 saturated heterocycles. The zero-order valence-electron chi connectivity index (χ0n) is 9.01. The Morgan fingerprint density at radius 3 is 2.93 bits per heavy atom. The predicted octanol–water partition coefficient (Wildman–Crippen LogP) is 1.49. The molecule has 0 radical (unpaired) electrons. The fourth-order valence-electron chi connectivity index (χ4n) is 2.17. The van der Waals surface area contributed by atoms with E-state index in [1.165, 1.54) is 7.11 Å². The van der Waals surface area contributed by atoms with Crippen molar-refractivity contribution in [3.05, 3.63) is 12.7 Å². The van der Waals surface area contributed by atoms with Crippen LogP contribution in [0.1, 0.15) is 26.2 Å². The predicted molar refractivity (Wildman–Crippen MR) is 56.0 cm³/mol. The molecule has 0 spiro atoms. The van der Waals surface area contributed by atoms with Gasteiger partial charge in [0.25, 0.3) is 0 Å². The topological polar surface area (TPSA) is 38.3 Å². The lowest BCUT2D eigenvalue weighted by Crippen LogP contribution is -2.50. The fourth-order valence-corrected chi connectivity index (χ4v) is 2.17. The van der Waals surface area contributed by atoms with Gasteiger partial charge in [-0.3, -0.25) is 10.1 Å². The minimum absolute atomic E-state index is 0.135. The molecular formula is C11H19NO2. The SMILES string of the molecule is C=CCNC1(C(=O)OC)CCC(C)C1. The van der Waals surface area contributed by atoms with Crippen LogP contribution in [0.3, 0.4) is 0 Å². The molecular weight excluding hydrogens is 178 g/mol. The Morgan fingerprint density at radius 1 is 1.79 bits per heavy atom. The van der Waals surface area contributed by atoms with Crippen molar-refractivity contribution in [3.63, 3.8) is 0 Å². The highest BCUT2D eigenvalue weighted by molar-refractivity contribution is 5.81. The summed E-state index contributed by atoms with van der Waals surface area (Å²) in [6.07, 6.45) is 4.59. The Balaban J connectivity index is 2.69. The molecule has 0 aromatic carbocycles. The highest BCUT2D eigenvalue weighted by Gasteiger charge is 2.44. The average Bonchev–Trinajstić information content (AvgIpc) is 2.57. The summed E-state index contributed by atoms with van der Waals surface area (Å²) in [6.45, 7) is 6.46. The molecule has 1 aliphatic carbocycles. The van der Waals surface area contributed by atoms with E-state index in [0.717, 1.165) is 19.3 Å². The fraction of sp³-hybridized carbons (Fsp3) is 0.727. The van der Waals surface area contributed by atoms with Crippen LogP contribution in [0.15, 0.2) is 12.7 Å². The summed E-state index contributed by atoms with van der Waals surface area (Å²) in [7, 11) is 1.45. The Morgan fingerprint density at radius 2 is 2.50 bits per heavy atom. The van der Waals surface area contributed by atoms with E-state index in [-0.39, 0.29) is 5.97 Å². The third kappa shape index (κ3) is 2.15. The first kappa shape index (κ1) is 11.2. The van der Waals surface area contributed by atoms with Crippen molar-refractivity contribution in [1.29, 1.82) is 0 Å². The first-order valence-electron chi connectivity index (χ1n) is 5.09. The van der Waals surface area contributed by atoms with Crippen LogP contribution in [0, 0.1) is 5.92 Å². The lowest BCUT2D eigenvalue weighted by Gasteiger charge is -2.27. The summed E-state index contributed by atoms with van der Waals surface area (Å²) in [5, 5.41) is 3.23. The number of hydrogen-bond acceptors (Lipinski definition) is 3. The van der Waals surface area contributed by atoms with Gasteiger partial charge >= 0.3 is 5.97 Å². The number of carbonyl (C=O) groups is 1. The van der Waals surface area contributed by atoms with Gasteiger partial charge in [-0.2, -0.15) is 0 Å². The maximum atomic E-state index is 11.7. The second kappa shape index (κ2) is 4.60. The maximum absolute atomic E-state index is 11.7. The number of carbonyl (C=O) groups excluding carboxylic acids is 1. The van der Waals surface area contributed by atoms with E-state index in [4.69, 9.17) is 4.74 Å². The molecule has 1 N–H and O–H groups in total. The number of ether oxygens (including phenoxy) is 1. The summed E-state index contributed by atoms with van der Waals surface area (Å²) in [5.41, 5.74) is -0.456. The number of nitrogens with one attached hydrogen (secondary N) is 1. The average molecular weight is 197 g/mol. The van der Waals surface area contributed by atoms with Crippen LogP contribution in [-0.4, -0.2) is 25.2 Å². The van der Waals surface area contributed by atoms with Crippen molar-refractivity contribution in [2.75, 3.05) is 13.7 Å². The van der Waals surface area contributed by atoms with E-state index in [2.05, 4.69) is 18.8 Å². The van der Waals surface area contributed by atoms with Gasteiger partial charge in [0.2, 0.25) is 0 Å². The molecule has 3 heteroatoms. The quantitative estimate of drug-likeness (QED) is 0.548. The second-order valence-corrected chi connectivity index (χ2v) is 4.09. The van der Waals surface area contributed by atoms with Gasteiger partial charge in [-0.15, -0.1) is 6.58 Å². The van der Waals surface area contributed by atoms with Crippen LogP contribution < -0.4 is 5.32 Å². The molecule has 1 fully saturated rings. The van der Waals surface area contributed by atoms with Gasteiger partial charge in [0.15, 0.2) is 0 Å². The molecule has 0 aromatic heterocycles. The number of esters is 1. The summed E-state index contributed by atoms with van der Waals surface area (Å²) in [6, 6.07) is 0. The molecule has 14 heavy (non-hydrogen) atoms. The van der Waals surface area contributed by atoms with E-state index in [1.54, 1.807) is 6.08 Å². The highest BCUT2D eigenvalue weighted by Crippen LogP contribution is 2.35. The normalized spacial score (nSPS) is 31.4. The molecule has 0 heterocycles. The lowest BCUT2D eigenvalue weighted by molar-refractivity contribution is -0.148. The molecule has 1 saturated carbocycles. The van der Waals surface area contributed by atoms with Gasteiger partial charge in [-0.1, -0.05) is 13.0 Å². The van der Waals surface area contributed by atoms with Crippen LogP contribution >= 0.6 is 0 Å². The van der Waals surface area contributed by atoms with Crippen molar-refractivity contribution in [2.45, 2.75) is 31.7 Å². The van der Waals surface area contributed by atoms with Crippen molar-refractivity contribution in [2.24, 2.45) is 5.92 Å². The zero-order chi connectivity index (χ0) is 10.6. The molecule has 3 nitrogen and oxygen atoms in total. The van der Waals surface area contributed by atoms with Crippen LogP contribution in [0.2, 0.25) is 0 Å². The van der Waals surface area contributed by atoms with Gasteiger partial charge in [0.05, 0.1) is 7.11 Å². The Hall–Kier alpha value is -0.830. The second-order valence-electron chi connectivity index (χ2n) is 4.09. The van der Waals surface area contributed by atoms with Crippen LogP contribution in [0.25, 0.3) is 0 Å². The minimum Gasteiger partial charge on any atom is -0.468 e. The smallest absolute Gasteiger partial charge is 0.326 e. The molecule has 2 unspecified atom stereocenters. The van der Waals surface area contributed by atoms with Crippen molar-refractivity contribution in [1.82, 2.24) is 5.32 Å². The molecule has 1 rings (SSSR count). The third-order valence-corrected chi connectivity index (χ3v) is 2.92. The van der Waals surface area contributed by atoms with E-state index in [9.17, 15) is 4.79 Å². The Labute approximate surface area is 85.5 Å². The molecule has 0 aromatic rings. The molecule has 2 atom stereocenters. The van der Waals surface area contributed by atoms with Crippen LogP contribution in [0.5, 0.6) is 0 Å². The number of rotatable bonds is 4. The summed E-state index contributed by atoms with van der Waals surface area (Å²) < 4.78 is 4.85. The van der Waals surface area contributed by atoms with E-state index in [1.807, 2.05) is 0 Å². The van der Waals surface area contributed by atoms with E-state index < -0.39 is 5.54 Å². The maximum Gasteiger partial charge on any atom is 0.326 e. The summed E-state index contributed by atoms with van der Waals surface area (Å²) >= 11 is 0. The van der Waals surface area contributed by atoms with Crippen molar-refractivity contribution >= 4 is 5.97 Å². The first-order chi connectivity index (χ1) is 6.64. The van der Waals surface area contributed by atoms with E-state index in [0.29, 0.717) is 12.5 Å². The van der Waals surface area contributed by atoms with Gasteiger partial charge in [0.1, 0.15) is 5.54 Å². The Bertz CT molecular complexity index is 227. The van der Waals surface area contributed by atoms with Crippen LogP contribution in [-0.2, 0) is 9.53 Å². The van der Waals surface area contributed by atoms with Crippen LogP contribution in [0.4, 0.5) is 0 Å². The zero-order valence-corrected chi connectivity index (χ0v) is 9.01. The monoisotopic (exact) mass is 197 g/mol. The largest absolute Gasteiger partial charge is 0.468 e. The minimum atomic E-state index is -0.456.